The normalized spacial score (nSPS) is 10.9. The van der Waals surface area contributed by atoms with E-state index in [-0.39, 0.29) is 11.1 Å². The van der Waals surface area contributed by atoms with Gasteiger partial charge in [0.15, 0.2) is 0 Å². The Balaban J connectivity index is 2.03. The maximum absolute atomic E-state index is 13.2. The summed E-state index contributed by atoms with van der Waals surface area (Å²) in [5.41, 5.74) is 1.77. The Morgan fingerprint density at radius 1 is 0.926 bits per heavy atom. The van der Waals surface area contributed by atoms with E-state index in [0.717, 1.165) is 5.56 Å². The average Bonchev–Trinajstić information content (AvgIpc) is 2.69. The molecule has 27 heavy (non-hydrogen) atoms. The van der Waals surface area contributed by atoms with Crippen LogP contribution in [0.3, 0.4) is 0 Å². The number of rotatable bonds is 3. The quantitative estimate of drug-likeness (QED) is 0.575. The maximum atomic E-state index is 13.2. The predicted octanol–water partition coefficient (Wildman–Crippen LogP) is 4.40. The van der Waals surface area contributed by atoms with Crippen molar-refractivity contribution in [2.75, 3.05) is 0 Å². The summed E-state index contributed by atoms with van der Waals surface area (Å²) < 4.78 is 1.48. The van der Waals surface area contributed by atoms with Crippen LogP contribution in [0, 0.1) is 0 Å². The Bertz CT molecular complexity index is 1210. The van der Waals surface area contributed by atoms with E-state index >= 15 is 0 Å². The Morgan fingerprint density at radius 3 is 2.26 bits per heavy atom. The molecule has 1 N–H and O–H groups in total. The molecule has 132 valence electrons. The molecule has 3 aromatic carbocycles. The number of nitrogens with zero attached hydrogens (tertiary/aromatic N) is 2. The van der Waals surface area contributed by atoms with Gasteiger partial charge in [0.2, 0.25) is 0 Å². The van der Waals surface area contributed by atoms with Crippen molar-refractivity contribution in [3.05, 3.63) is 93.7 Å². The van der Waals surface area contributed by atoms with Gasteiger partial charge in [-0.1, -0.05) is 23.7 Å². The Labute approximate surface area is 159 Å². The molecule has 0 amide bonds. The van der Waals surface area contributed by atoms with Crippen molar-refractivity contribution in [3.8, 4) is 17.1 Å². The molecule has 1 aromatic heterocycles. The molecule has 0 aliphatic heterocycles. The number of hydrogen-bond acceptors (Lipinski definition) is 3. The number of carboxylic acids is 1. The smallest absolute Gasteiger partial charge is 0.335 e. The van der Waals surface area contributed by atoms with Gasteiger partial charge in [0, 0.05) is 10.6 Å². The van der Waals surface area contributed by atoms with E-state index in [1.165, 1.54) is 16.7 Å². The van der Waals surface area contributed by atoms with E-state index < -0.39 is 5.97 Å². The third-order valence-electron chi connectivity index (χ3n) is 4.25. The molecule has 0 aliphatic rings. The molecule has 0 unspecified atom stereocenters. The van der Waals surface area contributed by atoms with E-state index in [1.807, 2.05) is 6.07 Å². The van der Waals surface area contributed by atoms with Crippen molar-refractivity contribution in [2.24, 2.45) is 0 Å². The van der Waals surface area contributed by atoms with E-state index in [1.54, 1.807) is 54.6 Å². The first-order valence-electron chi connectivity index (χ1n) is 8.16. The molecule has 0 fully saturated rings. The lowest BCUT2D eigenvalue weighted by molar-refractivity contribution is 0.0697. The number of hydrogen-bond donors (Lipinski definition) is 1. The molecule has 0 bridgehead atoms. The fourth-order valence-corrected chi connectivity index (χ4v) is 3.04. The van der Waals surface area contributed by atoms with Gasteiger partial charge in [-0.25, -0.2) is 9.78 Å². The lowest BCUT2D eigenvalue weighted by Gasteiger charge is -2.14. The lowest BCUT2D eigenvalue weighted by atomic mass is 10.1. The summed E-state index contributed by atoms with van der Waals surface area (Å²) in [5.74, 6) is -0.568. The van der Waals surface area contributed by atoms with Crippen LogP contribution in [0.5, 0.6) is 0 Å². The van der Waals surface area contributed by atoms with Crippen molar-refractivity contribution in [2.45, 2.75) is 0 Å². The fourth-order valence-electron chi connectivity index (χ4n) is 2.92. The number of carbonyl (C=O) groups is 1. The second-order valence-electron chi connectivity index (χ2n) is 5.95. The fraction of sp³-hybridized carbons (Fsp3) is 0. The Hall–Kier alpha value is -3.44. The summed E-state index contributed by atoms with van der Waals surface area (Å²) in [4.78, 5) is 29.0. The molecule has 4 aromatic rings. The second kappa shape index (κ2) is 6.70. The van der Waals surface area contributed by atoms with Crippen molar-refractivity contribution in [1.29, 1.82) is 0 Å². The summed E-state index contributed by atoms with van der Waals surface area (Å²) in [6, 6.07) is 20.3. The SMILES string of the molecule is O=C(O)c1ccc(-n2c(-c3ccc(Cl)cc3)nc3ccccc3c2=O)cc1. The summed E-state index contributed by atoms with van der Waals surface area (Å²) >= 11 is 5.98. The summed E-state index contributed by atoms with van der Waals surface area (Å²) in [6.07, 6.45) is 0. The Morgan fingerprint density at radius 2 is 1.59 bits per heavy atom. The molecule has 1 heterocycles. The average molecular weight is 377 g/mol. The molecule has 0 radical (unpaired) electrons. The van der Waals surface area contributed by atoms with Crippen LogP contribution >= 0.6 is 11.6 Å². The Kier molecular flexibility index (Phi) is 4.22. The van der Waals surface area contributed by atoms with Crippen LogP contribution in [0.2, 0.25) is 5.02 Å². The van der Waals surface area contributed by atoms with E-state index in [0.29, 0.717) is 27.4 Å². The lowest BCUT2D eigenvalue weighted by Crippen LogP contribution is -2.22. The number of fused-ring (bicyclic) bond motifs is 1. The maximum Gasteiger partial charge on any atom is 0.335 e. The molecule has 0 spiro atoms. The van der Waals surface area contributed by atoms with Crippen molar-refractivity contribution in [1.82, 2.24) is 9.55 Å². The molecule has 5 nitrogen and oxygen atoms in total. The number of aromatic nitrogens is 2. The van der Waals surface area contributed by atoms with Gasteiger partial charge in [0.25, 0.3) is 5.56 Å². The topological polar surface area (TPSA) is 72.2 Å². The van der Waals surface area contributed by atoms with Crippen LogP contribution < -0.4 is 5.56 Å². The second-order valence-corrected chi connectivity index (χ2v) is 6.39. The van der Waals surface area contributed by atoms with Gasteiger partial charge in [-0.2, -0.15) is 0 Å². The molecule has 0 aliphatic carbocycles. The van der Waals surface area contributed by atoms with Crippen LogP contribution in [0.4, 0.5) is 0 Å². The van der Waals surface area contributed by atoms with E-state index in [2.05, 4.69) is 4.98 Å². The molecule has 4 rings (SSSR count). The highest BCUT2D eigenvalue weighted by Crippen LogP contribution is 2.24. The summed E-state index contributed by atoms with van der Waals surface area (Å²) in [5, 5.41) is 10.2. The first-order valence-corrected chi connectivity index (χ1v) is 8.54. The third kappa shape index (κ3) is 3.09. The van der Waals surface area contributed by atoms with Gasteiger partial charge in [-0.3, -0.25) is 9.36 Å². The van der Waals surface area contributed by atoms with Gasteiger partial charge < -0.3 is 5.11 Å². The van der Waals surface area contributed by atoms with E-state index in [4.69, 9.17) is 16.7 Å². The van der Waals surface area contributed by atoms with Crippen molar-refractivity contribution < 1.29 is 9.90 Å². The van der Waals surface area contributed by atoms with Gasteiger partial charge in [-0.05, 0) is 60.7 Å². The number of benzene rings is 3. The first kappa shape index (κ1) is 17.0. The number of aromatic carboxylic acids is 1. The van der Waals surface area contributed by atoms with Gasteiger partial charge in [-0.15, -0.1) is 0 Å². The molecule has 6 heteroatoms. The van der Waals surface area contributed by atoms with Crippen LogP contribution in [-0.2, 0) is 0 Å². The molecular formula is C21H13ClN2O3. The number of carboxylic acid groups (broad SMARTS) is 1. The zero-order valence-electron chi connectivity index (χ0n) is 14.0. The standard InChI is InChI=1S/C21H13ClN2O3/c22-15-9-5-13(6-10-15)19-23-18-4-2-1-3-17(18)20(25)24(19)16-11-7-14(8-12-16)21(26)27/h1-12H,(H,26,27). The molecule has 0 atom stereocenters. The highest BCUT2D eigenvalue weighted by atomic mass is 35.5. The van der Waals surface area contributed by atoms with Crippen LogP contribution in [0.15, 0.2) is 77.6 Å². The van der Waals surface area contributed by atoms with Crippen LogP contribution in [0.25, 0.3) is 28.0 Å². The van der Waals surface area contributed by atoms with Crippen molar-refractivity contribution in [3.63, 3.8) is 0 Å². The summed E-state index contributed by atoms with van der Waals surface area (Å²) in [7, 11) is 0. The van der Waals surface area contributed by atoms with E-state index in [9.17, 15) is 9.59 Å². The number of para-hydroxylation sites is 1. The highest BCUT2D eigenvalue weighted by molar-refractivity contribution is 6.30. The largest absolute Gasteiger partial charge is 0.478 e. The molecule has 0 saturated carbocycles. The summed E-state index contributed by atoms with van der Waals surface area (Å²) in [6.45, 7) is 0. The van der Waals surface area contributed by atoms with Gasteiger partial charge in [0.1, 0.15) is 5.82 Å². The predicted molar refractivity (Wildman–Crippen MR) is 105 cm³/mol. The first-order chi connectivity index (χ1) is 13.0. The third-order valence-corrected chi connectivity index (χ3v) is 4.50. The number of halogens is 1. The highest BCUT2D eigenvalue weighted by Gasteiger charge is 2.15. The minimum atomic E-state index is -1.02. The molecule has 0 saturated heterocycles. The van der Waals surface area contributed by atoms with Crippen LogP contribution in [-0.4, -0.2) is 20.6 Å². The van der Waals surface area contributed by atoms with Gasteiger partial charge >= 0.3 is 5.97 Å². The minimum absolute atomic E-state index is 0.147. The zero-order chi connectivity index (χ0) is 19.0. The van der Waals surface area contributed by atoms with Crippen molar-refractivity contribution >= 4 is 28.5 Å². The monoisotopic (exact) mass is 376 g/mol. The minimum Gasteiger partial charge on any atom is -0.478 e. The van der Waals surface area contributed by atoms with Crippen LogP contribution in [0.1, 0.15) is 10.4 Å². The molecular weight excluding hydrogens is 364 g/mol. The zero-order valence-corrected chi connectivity index (χ0v) is 14.7. The van der Waals surface area contributed by atoms with Gasteiger partial charge in [0.05, 0.1) is 22.2 Å².